The van der Waals surface area contributed by atoms with Gasteiger partial charge in [0.05, 0.1) is 28.9 Å². The average molecular weight is 423 g/mol. The molecule has 2 aromatic carbocycles. The lowest BCUT2D eigenvalue weighted by molar-refractivity contribution is -0.117. The van der Waals surface area contributed by atoms with Gasteiger partial charge in [-0.15, -0.1) is 0 Å². The summed E-state index contributed by atoms with van der Waals surface area (Å²) in [6.45, 7) is 8.54. The summed E-state index contributed by atoms with van der Waals surface area (Å²) < 4.78 is 12.3. The fourth-order valence-electron chi connectivity index (χ4n) is 3.92. The van der Waals surface area contributed by atoms with E-state index < -0.39 is 18.3 Å². The summed E-state index contributed by atoms with van der Waals surface area (Å²) in [5.74, 6) is -0.0678. The van der Waals surface area contributed by atoms with Crippen molar-refractivity contribution in [3.8, 4) is 6.07 Å². The molecule has 0 N–H and O–H groups in total. The molecule has 2 aliphatic heterocycles. The lowest BCUT2D eigenvalue weighted by Gasteiger charge is -2.32. The van der Waals surface area contributed by atoms with Crippen molar-refractivity contribution in [1.82, 2.24) is 0 Å². The van der Waals surface area contributed by atoms with Gasteiger partial charge in [-0.25, -0.2) is 0 Å². The molecule has 5 nitrogen and oxygen atoms in total. The average Bonchev–Trinajstić information content (AvgIpc) is 3.21. The first-order valence-corrected chi connectivity index (χ1v) is 10.5. The van der Waals surface area contributed by atoms with Crippen LogP contribution in [0.25, 0.3) is 0 Å². The van der Waals surface area contributed by atoms with Gasteiger partial charge in [0.15, 0.2) is 0 Å². The van der Waals surface area contributed by atoms with Crippen LogP contribution in [-0.2, 0) is 26.9 Å². The van der Waals surface area contributed by atoms with Gasteiger partial charge in [0.1, 0.15) is 6.07 Å². The zero-order chi connectivity index (χ0) is 21.7. The van der Waals surface area contributed by atoms with Crippen LogP contribution < -0.4 is 10.4 Å². The molecule has 0 aromatic heterocycles. The smallest absolute Gasteiger partial charge is 0.399 e. The summed E-state index contributed by atoms with van der Waals surface area (Å²) in [5, 5.41) is 10.4. The molecule has 7 heteroatoms. The molecule has 0 spiro atoms. The summed E-state index contributed by atoms with van der Waals surface area (Å²) >= 11 is 6.22. The number of anilines is 1. The molecule has 1 amide bonds. The number of carbonyl (C=O) groups is 1. The third-order valence-corrected chi connectivity index (χ3v) is 6.70. The summed E-state index contributed by atoms with van der Waals surface area (Å²) in [6.07, 6.45) is 0.884. The Bertz CT molecular complexity index is 1040. The quantitative estimate of drug-likeness (QED) is 0.709. The highest BCUT2D eigenvalue weighted by Crippen LogP contribution is 2.38. The highest BCUT2D eigenvalue weighted by molar-refractivity contribution is 6.62. The second kappa shape index (κ2) is 7.42. The number of hydrogen-bond acceptors (Lipinski definition) is 4. The van der Waals surface area contributed by atoms with Gasteiger partial charge in [-0.05, 0) is 62.8 Å². The monoisotopic (exact) mass is 422 g/mol. The molecule has 0 unspecified atom stereocenters. The maximum Gasteiger partial charge on any atom is 0.494 e. The van der Waals surface area contributed by atoms with Crippen LogP contribution in [0.3, 0.4) is 0 Å². The predicted octanol–water partition coefficient (Wildman–Crippen LogP) is 3.64. The van der Waals surface area contributed by atoms with Crippen LogP contribution >= 0.6 is 11.6 Å². The van der Waals surface area contributed by atoms with Crippen LogP contribution in [0.15, 0.2) is 36.4 Å². The maximum atomic E-state index is 13.0. The van der Waals surface area contributed by atoms with E-state index in [9.17, 15) is 10.1 Å². The molecule has 4 rings (SSSR count). The largest absolute Gasteiger partial charge is 0.494 e. The van der Waals surface area contributed by atoms with Gasteiger partial charge in [-0.3, -0.25) is 4.79 Å². The molecule has 0 aliphatic carbocycles. The van der Waals surface area contributed by atoms with Crippen molar-refractivity contribution in [3.63, 3.8) is 0 Å². The van der Waals surface area contributed by atoms with Crippen molar-refractivity contribution in [3.05, 3.63) is 58.1 Å². The number of benzene rings is 2. The van der Waals surface area contributed by atoms with Crippen LogP contribution in [-0.4, -0.2) is 30.8 Å². The molecule has 2 heterocycles. The lowest BCUT2D eigenvalue weighted by atomic mass is 9.77. The number of rotatable bonds is 3. The van der Waals surface area contributed by atoms with Gasteiger partial charge in [0.25, 0.3) is 0 Å². The molecule has 0 bridgehead atoms. The van der Waals surface area contributed by atoms with E-state index >= 15 is 0 Å². The normalized spacial score (nSPS) is 18.9. The summed E-state index contributed by atoms with van der Waals surface area (Å²) in [6, 6.07) is 13.4. The number of hydrogen-bond donors (Lipinski definition) is 0. The number of carbonyl (C=O) groups excluding carboxylic acids is 1. The Morgan fingerprint density at radius 3 is 2.50 bits per heavy atom. The Kier molecular flexibility index (Phi) is 5.18. The van der Waals surface area contributed by atoms with Crippen molar-refractivity contribution in [2.45, 2.75) is 51.7 Å². The zero-order valence-electron chi connectivity index (χ0n) is 17.7. The minimum absolute atomic E-state index is 0.0678. The van der Waals surface area contributed by atoms with Crippen LogP contribution in [0.4, 0.5) is 5.69 Å². The van der Waals surface area contributed by atoms with Gasteiger partial charge in [0, 0.05) is 11.6 Å². The van der Waals surface area contributed by atoms with E-state index in [1.807, 2.05) is 52.0 Å². The van der Waals surface area contributed by atoms with Crippen molar-refractivity contribution >= 4 is 35.8 Å². The van der Waals surface area contributed by atoms with E-state index in [0.29, 0.717) is 29.2 Å². The van der Waals surface area contributed by atoms with E-state index in [-0.39, 0.29) is 12.3 Å². The van der Waals surface area contributed by atoms with E-state index in [0.717, 1.165) is 16.6 Å². The minimum atomic E-state index is -0.541. The second-order valence-corrected chi connectivity index (χ2v) is 9.25. The lowest BCUT2D eigenvalue weighted by Crippen LogP contribution is -2.41. The molecule has 1 fully saturated rings. The summed E-state index contributed by atoms with van der Waals surface area (Å²) in [7, 11) is -0.541. The summed E-state index contributed by atoms with van der Waals surface area (Å²) in [5.41, 5.74) is 2.79. The Morgan fingerprint density at radius 2 is 1.87 bits per heavy atom. The highest BCUT2D eigenvalue weighted by atomic mass is 35.5. The van der Waals surface area contributed by atoms with E-state index in [1.54, 1.807) is 17.0 Å². The number of halogens is 1. The molecule has 1 saturated heterocycles. The third-order valence-electron chi connectivity index (χ3n) is 6.33. The number of nitriles is 1. The molecule has 2 aliphatic rings. The van der Waals surface area contributed by atoms with Crippen LogP contribution in [0.2, 0.25) is 5.02 Å². The van der Waals surface area contributed by atoms with Crippen LogP contribution in [0.5, 0.6) is 0 Å². The van der Waals surface area contributed by atoms with E-state index in [2.05, 4.69) is 6.07 Å². The van der Waals surface area contributed by atoms with Crippen molar-refractivity contribution in [1.29, 1.82) is 5.26 Å². The third kappa shape index (κ3) is 3.52. The van der Waals surface area contributed by atoms with E-state index in [1.165, 1.54) is 0 Å². The van der Waals surface area contributed by atoms with Crippen molar-refractivity contribution in [2.75, 3.05) is 11.4 Å². The Labute approximate surface area is 182 Å². The fraction of sp³-hybridized carbons (Fsp3) is 0.391. The van der Waals surface area contributed by atoms with Gasteiger partial charge < -0.3 is 14.2 Å². The van der Waals surface area contributed by atoms with Crippen molar-refractivity contribution < 1.29 is 14.1 Å². The zero-order valence-corrected chi connectivity index (χ0v) is 18.4. The Morgan fingerprint density at radius 1 is 1.20 bits per heavy atom. The van der Waals surface area contributed by atoms with Crippen molar-refractivity contribution in [2.24, 2.45) is 0 Å². The number of nitrogens with zero attached hydrogens (tertiary/aromatic N) is 2. The van der Waals surface area contributed by atoms with Crippen LogP contribution in [0.1, 0.15) is 44.4 Å². The Balaban J connectivity index is 1.63. The minimum Gasteiger partial charge on any atom is -0.399 e. The van der Waals surface area contributed by atoms with Gasteiger partial charge in [-0.2, -0.15) is 5.26 Å². The molecule has 154 valence electrons. The Hall–Kier alpha value is -2.33. The molecular formula is C23H24BClN2O3. The highest BCUT2D eigenvalue weighted by Gasteiger charge is 2.52. The first-order valence-electron chi connectivity index (χ1n) is 10.1. The molecule has 0 atom stereocenters. The molecule has 0 saturated carbocycles. The molecule has 0 radical (unpaired) electrons. The fourth-order valence-corrected chi connectivity index (χ4v) is 4.13. The predicted molar refractivity (Wildman–Crippen MR) is 118 cm³/mol. The first-order chi connectivity index (χ1) is 14.1. The maximum absolute atomic E-state index is 13.0. The molecular weight excluding hydrogens is 399 g/mol. The first kappa shape index (κ1) is 20.9. The number of amides is 1. The SMILES string of the molecule is CC1(C)OB(c2cc(C#N)c3c(c2)CCN3C(=O)Cc2ccccc2Cl)OC1(C)C. The topological polar surface area (TPSA) is 62.6 Å². The van der Waals surface area contributed by atoms with E-state index in [4.69, 9.17) is 20.9 Å². The second-order valence-electron chi connectivity index (χ2n) is 8.84. The summed E-state index contributed by atoms with van der Waals surface area (Å²) in [4.78, 5) is 14.7. The molecule has 30 heavy (non-hydrogen) atoms. The molecule has 2 aromatic rings. The standard InChI is InChI=1S/C23H24BClN2O3/c1-22(2)23(3,4)30-24(29-22)18-11-16-9-10-27(21(16)17(12-18)14-26)20(28)13-15-7-5-6-8-19(15)25/h5-8,11-12H,9-10,13H2,1-4H3. The number of fused-ring (bicyclic) bond motifs is 1. The van der Waals surface area contributed by atoms with Gasteiger partial charge in [0.2, 0.25) is 5.91 Å². The van der Waals surface area contributed by atoms with Gasteiger partial charge >= 0.3 is 7.12 Å². The van der Waals surface area contributed by atoms with Gasteiger partial charge in [-0.1, -0.05) is 35.9 Å². The van der Waals surface area contributed by atoms with Crippen LogP contribution in [0, 0.1) is 11.3 Å².